The van der Waals surface area contributed by atoms with Crippen molar-refractivity contribution in [2.75, 3.05) is 23.8 Å². The number of hydrogen-bond acceptors (Lipinski definition) is 5. The van der Waals surface area contributed by atoms with E-state index in [1.54, 1.807) is 43.3 Å². The zero-order chi connectivity index (χ0) is 26.1. The Labute approximate surface area is 219 Å². The molecule has 0 saturated carbocycles. The van der Waals surface area contributed by atoms with Crippen LogP contribution in [0.1, 0.15) is 18.1 Å². The summed E-state index contributed by atoms with van der Waals surface area (Å²) in [5.74, 6) is -0.555. The number of amides is 2. The number of halogens is 2. The Hall–Kier alpha value is -3.99. The number of nitrogens with zero attached hydrogens (tertiary/aromatic N) is 1. The molecule has 0 fully saturated rings. The molecule has 7 nitrogen and oxygen atoms in total. The number of ether oxygens (including phenoxy) is 2. The second-order valence-corrected chi connectivity index (χ2v) is 8.33. The summed E-state index contributed by atoms with van der Waals surface area (Å²) in [7, 11) is 0. The summed E-state index contributed by atoms with van der Waals surface area (Å²) >= 11 is 12.5. The van der Waals surface area contributed by atoms with Crippen LogP contribution in [-0.2, 0) is 9.59 Å². The van der Waals surface area contributed by atoms with Crippen LogP contribution in [0.3, 0.4) is 0 Å². The van der Waals surface area contributed by atoms with Crippen LogP contribution in [0.4, 0.5) is 11.4 Å². The van der Waals surface area contributed by atoms with Crippen LogP contribution in [0.15, 0.2) is 66.2 Å². The second kappa shape index (κ2) is 12.6. The van der Waals surface area contributed by atoms with Crippen LogP contribution in [-0.4, -0.2) is 25.0 Å². The Morgan fingerprint density at radius 1 is 0.972 bits per heavy atom. The van der Waals surface area contributed by atoms with Gasteiger partial charge in [0.2, 0.25) is 0 Å². The summed E-state index contributed by atoms with van der Waals surface area (Å²) in [6.07, 6.45) is 1.37. The van der Waals surface area contributed by atoms with E-state index in [4.69, 9.17) is 32.7 Å². The largest absolute Gasteiger partial charge is 0.490 e. The summed E-state index contributed by atoms with van der Waals surface area (Å²) in [5, 5.41) is 15.4. The fraction of sp³-hybridized carbons (Fsp3) is 0.148. The Balaban J connectivity index is 1.79. The maximum absolute atomic E-state index is 12.6. The lowest BCUT2D eigenvalue weighted by Crippen LogP contribution is -2.21. The Morgan fingerprint density at radius 3 is 2.33 bits per heavy atom. The van der Waals surface area contributed by atoms with Gasteiger partial charge in [-0.3, -0.25) is 9.59 Å². The molecular formula is C27H23Cl2N3O4. The van der Waals surface area contributed by atoms with Gasteiger partial charge in [0.25, 0.3) is 11.8 Å². The number of carbonyl (C=O) groups excluding carboxylic acids is 2. The van der Waals surface area contributed by atoms with Crippen molar-refractivity contribution >= 4 is 52.5 Å². The van der Waals surface area contributed by atoms with E-state index in [-0.39, 0.29) is 34.6 Å². The van der Waals surface area contributed by atoms with Gasteiger partial charge in [-0.2, -0.15) is 5.26 Å². The van der Waals surface area contributed by atoms with Gasteiger partial charge in [-0.25, -0.2) is 0 Å². The normalized spacial score (nSPS) is 10.8. The maximum atomic E-state index is 12.6. The molecule has 0 aliphatic rings. The maximum Gasteiger partial charge on any atom is 0.266 e. The van der Waals surface area contributed by atoms with Gasteiger partial charge < -0.3 is 20.1 Å². The van der Waals surface area contributed by atoms with E-state index in [0.29, 0.717) is 28.6 Å². The molecule has 184 valence electrons. The summed E-state index contributed by atoms with van der Waals surface area (Å²) in [4.78, 5) is 25.0. The SMILES string of the molecule is CCOc1cc(/C=C(\C#N)C(=O)Nc2ccccc2Cl)cc(Cl)c1OCC(=O)Nc1ccccc1C. The molecule has 3 aromatic carbocycles. The summed E-state index contributed by atoms with van der Waals surface area (Å²) in [5.41, 5.74) is 2.25. The van der Waals surface area contributed by atoms with E-state index in [2.05, 4.69) is 10.6 Å². The first kappa shape index (κ1) is 26.6. The van der Waals surface area contributed by atoms with E-state index in [0.717, 1.165) is 5.56 Å². The van der Waals surface area contributed by atoms with E-state index >= 15 is 0 Å². The van der Waals surface area contributed by atoms with Crippen molar-refractivity contribution < 1.29 is 19.1 Å². The number of para-hydroxylation sites is 2. The molecule has 2 amide bonds. The van der Waals surface area contributed by atoms with E-state index < -0.39 is 5.91 Å². The number of benzene rings is 3. The van der Waals surface area contributed by atoms with Crippen molar-refractivity contribution in [1.82, 2.24) is 0 Å². The molecule has 0 radical (unpaired) electrons. The predicted octanol–water partition coefficient (Wildman–Crippen LogP) is 6.26. The van der Waals surface area contributed by atoms with Crippen LogP contribution in [0, 0.1) is 18.3 Å². The summed E-state index contributed by atoms with van der Waals surface area (Å²) in [6, 6.07) is 19.0. The number of rotatable bonds is 9. The molecule has 0 spiro atoms. The molecule has 0 saturated heterocycles. The minimum Gasteiger partial charge on any atom is -0.490 e. The van der Waals surface area contributed by atoms with Crippen molar-refractivity contribution in [2.45, 2.75) is 13.8 Å². The van der Waals surface area contributed by atoms with Crippen LogP contribution in [0.25, 0.3) is 6.08 Å². The average Bonchev–Trinajstić information content (AvgIpc) is 2.85. The number of aryl methyl sites for hydroxylation is 1. The third-order valence-electron chi connectivity index (χ3n) is 4.90. The first-order valence-electron chi connectivity index (χ1n) is 10.9. The van der Waals surface area contributed by atoms with Crippen LogP contribution >= 0.6 is 23.2 Å². The Morgan fingerprint density at radius 2 is 1.67 bits per heavy atom. The first-order valence-corrected chi connectivity index (χ1v) is 11.7. The smallest absolute Gasteiger partial charge is 0.266 e. The van der Waals surface area contributed by atoms with E-state index in [1.165, 1.54) is 12.1 Å². The first-order chi connectivity index (χ1) is 17.3. The molecule has 3 rings (SSSR count). The lowest BCUT2D eigenvalue weighted by molar-refractivity contribution is -0.118. The molecule has 0 heterocycles. The highest BCUT2D eigenvalue weighted by atomic mass is 35.5. The molecule has 0 bridgehead atoms. The standard InChI is InChI=1S/C27H23Cl2N3O4/c1-3-35-24-14-18(12-19(15-30)27(34)32-23-11-7-5-9-20(23)28)13-21(29)26(24)36-16-25(33)31-22-10-6-4-8-17(22)2/h4-14H,3,16H2,1-2H3,(H,31,33)(H,32,34)/b19-12+. The monoisotopic (exact) mass is 523 g/mol. The number of nitrogens with one attached hydrogen (secondary N) is 2. The van der Waals surface area contributed by atoms with Gasteiger partial charge in [0.05, 0.1) is 22.3 Å². The van der Waals surface area contributed by atoms with Gasteiger partial charge in [0, 0.05) is 5.69 Å². The Kier molecular flexibility index (Phi) is 9.34. The minimum absolute atomic E-state index is 0.152. The zero-order valence-corrected chi connectivity index (χ0v) is 21.1. The van der Waals surface area contributed by atoms with Crippen molar-refractivity contribution in [3.8, 4) is 17.6 Å². The van der Waals surface area contributed by atoms with Gasteiger partial charge in [-0.15, -0.1) is 0 Å². The molecule has 0 aromatic heterocycles. The van der Waals surface area contributed by atoms with Crippen molar-refractivity contribution in [1.29, 1.82) is 5.26 Å². The molecule has 0 atom stereocenters. The third-order valence-corrected chi connectivity index (χ3v) is 5.51. The summed E-state index contributed by atoms with van der Waals surface area (Å²) in [6.45, 7) is 3.67. The molecule has 36 heavy (non-hydrogen) atoms. The third kappa shape index (κ3) is 7.01. The molecule has 0 aliphatic heterocycles. The average molecular weight is 524 g/mol. The minimum atomic E-state index is -0.632. The predicted molar refractivity (Wildman–Crippen MR) is 142 cm³/mol. The zero-order valence-electron chi connectivity index (χ0n) is 19.6. The fourth-order valence-corrected chi connectivity index (χ4v) is 3.64. The number of anilines is 2. The molecular weight excluding hydrogens is 501 g/mol. The van der Waals surface area contributed by atoms with Crippen molar-refractivity contribution in [2.24, 2.45) is 0 Å². The quantitative estimate of drug-likeness (QED) is 0.254. The summed E-state index contributed by atoms with van der Waals surface area (Å²) < 4.78 is 11.3. The molecule has 2 N–H and O–H groups in total. The van der Waals surface area contributed by atoms with Gasteiger partial charge in [-0.1, -0.05) is 53.5 Å². The van der Waals surface area contributed by atoms with Crippen LogP contribution < -0.4 is 20.1 Å². The fourth-order valence-electron chi connectivity index (χ4n) is 3.18. The van der Waals surface area contributed by atoms with Gasteiger partial charge in [0.15, 0.2) is 18.1 Å². The topological polar surface area (TPSA) is 100 Å². The second-order valence-electron chi connectivity index (χ2n) is 7.52. The molecule has 0 unspecified atom stereocenters. The highest BCUT2D eigenvalue weighted by Crippen LogP contribution is 2.37. The molecule has 9 heteroatoms. The number of nitriles is 1. The molecule has 0 aliphatic carbocycles. The highest BCUT2D eigenvalue weighted by molar-refractivity contribution is 6.34. The van der Waals surface area contributed by atoms with Crippen LogP contribution in [0.5, 0.6) is 11.5 Å². The Bertz CT molecular complexity index is 1350. The van der Waals surface area contributed by atoms with E-state index in [1.807, 2.05) is 31.2 Å². The highest BCUT2D eigenvalue weighted by Gasteiger charge is 2.16. The van der Waals surface area contributed by atoms with Crippen LogP contribution in [0.2, 0.25) is 10.0 Å². The number of carbonyl (C=O) groups is 2. The molecule has 3 aromatic rings. The van der Waals surface area contributed by atoms with Gasteiger partial charge in [0.1, 0.15) is 11.6 Å². The van der Waals surface area contributed by atoms with Crippen molar-refractivity contribution in [3.63, 3.8) is 0 Å². The lowest BCUT2D eigenvalue weighted by atomic mass is 10.1. The van der Waals surface area contributed by atoms with E-state index in [9.17, 15) is 14.9 Å². The lowest BCUT2D eigenvalue weighted by Gasteiger charge is -2.15. The van der Waals surface area contributed by atoms with Gasteiger partial charge >= 0.3 is 0 Å². The van der Waals surface area contributed by atoms with Gasteiger partial charge in [-0.05, 0) is 61.4 Å². The van der Waals surface area contributed by atoms with Crippen molar-refractivity contribution in [3.05, 3.63) is 87.4 Å². The number of hydrogen-bond donors (Lipinski definition) is 2.